The number of imide groups is 1. The maximum Gasteiger partial charge on any atom is 0.292 e. The van der Waals surface area contributed by atoms with Crippen molar-refractivity contribution in [2.45, 2.75) is 70.4 Å². The first-order valence-electron chi connectivity index (χ1n) is 10.2. The van der Waals surface area contributed by atoms with Gasteiger partial charge in [0.2, 0.25) is 5.91 Å². The Morgan fingerprint density at radius 2 is 1.62 bits per heavy atom. The molecule has 0 unspecified atom stereocenters. The van der Waals surface area contributed by atoms with Gasteiger partial charge in [-0.05, 0) is 62.5 Å². The van der Waals surface area contributed by atoms with Gasteiger partial charge in [0.15, 0.2) is 6.04 Å². The first kappa shape index (κ1) is 16.5. The molecule has 4 nitrogen and oxygen atoms in total. The van der Waals surface area contributed by atoms with Crippen molar-refractivity contribution < 1.29 is 14.9 Å². The molecule has 5 aliphatic rings. The molecular formula is C22H29N2O2+. The van der Waals surface area contributed by atoms with E-state index >= 15 is 0 Å². The molecule has 1 aromatic rings. The largest absolute Gasteiger partial charge is 0.331 e. The number of aryl methyl sites for hydroxylation is 2. The molecule has 2 N–H and O–H groups in total. The monoisotopic (exact) mass is 353 g/mol. The van der Waals surface area contributed by atoms with Crippen LogP contribution in [0.25, 0.3) is 0 Å². The Labute approximate surface area is 155 Å². The van der Waals surface area contributed by atoms with Gasteiger partial charge in [-0.25, -0.2) is 4.90 Å². The third kappa shape index (κ3) is 2.53. The first-order chi connectivity index (χ1) is 12.4. The zero-order valence-electron chi connectivity index (χ0n) is 15.8. The normalized spacial score (nSPS) is 38.5. The highest BCUT2D eigenvalue weighted by molar-refractivity contribution is 6.22. The summed E-state index contributed by atoms with van der Waals surface area (Å²) < 4.78 is 0. The van der Waals surface area contributed by atoms with Crippen LogP contribution in [-0.4, -0.2) is 23.4 Å². The van der Waals surface area contributed by atoms with Crippen LogP contribution in [0.5, 0.6) is 0 Å². The van der Waals surface area contributed by atoms with Crippen LogP contribution in [0.1, 0.15) is 56.1 Å². The standard InChI is InChI=1S/C22H28N2O2/c1-13-3-4-19(14(2)5-13)24-20(25)9-18(21(24)26)23-22-10-15-6-16(11-22)8-17(7-15)12-22/h3-5,15-18,23H,6-12H2,1-2H3/p+1/t15?,16?,17?,18-,22?/m0/s1. The van der Waals surface area contributed by atoms with Gasteiger partial charge in [0, 0.05) is 19.3 Å². The van der Waals surface area contributed by atoms with Crippen molar-refractivity contribution in [2.75, 3.05) is 4.90 Å². The molecule has 1 saturated heterocycles. The number of nitrogens with two attached hydrogens (primary N) is 1. The van der Waals surface area contributed by atoms with Gasteiger partial charge in [0.25, 0.3) is 5.91 Å². The van der Waals surface area contributed by atoms with Crippen molar-refractivity contribution in [1.29, 1.82) is 0 Å². The molecule has 4 aliphatic carbocycles. The van der Waals surface area contributed by atoms with Crippen LogP contribution < -0.4 is 10.2 Å². The molecule has 0 aromatic heterocycles. The van der Waals surface area contributed by atoms with Crippen LogP contribution in [0.2, 0.25) is 0 Å². The Balaban J connectivity index is 1.38. The van der Waals surface area contributed by atoms with Crippen molar-refractivity contribution >= 4 is 17.5 Å². The predicted octanol–water partition coefficient (Wildman–Crippen LogP) is 2.47. The number of carbonyl (C=O) groups is 2. The highest BCUT2D eigenvalue weighted by Crippen LogP contribution is 2.54. The minimum absolute atomic E-state index is 0.00213. The van der Waals surface area contributed by atoms with E-state index in [0.29, 0.717) is 6.42 Å². The summed E-state index contributed by atoms with van der Waals surface area (Å²) in [5.74, 6) is 2.55. The summed E-state index contributed by atoms with van der Waals surface area (Å²) in [6.45, 7) is 4.02. The number of benzene rings is 1. The molecule has 0 radical (unpaired) electrons. The molecule has 1 aromatic carbocycles. The van der Waals surface area contributed by atoms with Gasteiger partial charge in [0.1, 0.15) is 0 Å². The minimum atomic E-state index is -0.223. The Morgan fingerprint density at radius 3 is 2.19 bits per heavy atom. The van der Waals surface area contributed by atoms with E-state index in [4.69, 9.17) is 0 Å². The van der Waals surface area contributed by atoms with Gasteiger partial charge in [-0.1, -0.05) is 17.7 Å². The Kier molecular flexibility index (Phi) is 3.59. The lowest BCUT2D eigenvalue weighted by atomic mass is 9.53. The number of anilines is 1. The van der Waals surface area contributed by atoms with Crippen LogP contribution in [0.15, 0.2) is 18.2 Å². The summed E-state index contributed by atoms with van der Waals surface area (Å²) in [6.07, 6.45) is 8.31. The van der Waals surface area contributed by atoms with Gasteiger partial charge in [-0.2, -0.15) is 0 Å². The van der Waals surface area contributed by atoms with E-state index in [-0.39, 0.29) is 23.4 Å². The fourth-order valence-corrected chi connectivity index (χ4v) is 6.90. The molecule has 6 rings (SSSR count). The summed E-state index contributed by atoms with van der Waals surface area (Å²) in [5.41, 5.74) is 3.16. The SMILES string of the molecule is Cc1ccc(N2C(=O)C[C@H]([NH2+]C34CC5CC(CC(C5)C3)C4)C2=O)c(C)c1. The molecule has 1 atom stereocenters. The molecule has 5 fully saturated rings. The van der Waals surface area contributed by atoms with Crippen molar-refractivity contribution in [3.8, 4) is 0 Å². The van der Waals surface area contributed by atoms with E-state index in [1.54, 1.807) is 0 Å². The zero-order valence-corrected chi connectivity index (χ0v) is 15.8. The third-order valence-electron chi connectivity index (χ3n) is 7.42. The molecule has 4 bridgehead atoms. The smallest absolute Gasteiger partial charge is 0.292 e. The van der Waals surface area contributed by atoms with Gasteiger partial charge >= 0.3 is 0 Å². The fraction of sp³-hybridized carbons (Fsp3) is 0.636. The fourth-order valence-electron chi connectivity index (χ4n) is 6.90. The summed E-state index contributed by atoms with van der Waals surface area (Å²) >= 11 is 0. The molecule has 2 amide bonds. The van der Waals surface area contributed by atoms with Gasteiger partial charge in [-0.3, -0.25) is 9.59 Å². The van der Waals surface area contributed by atoms with Crippen LogP contribution in [0, 0.1) is 31.6 Å². The van der Waals surface area contributed by atoms with E-state index in [2.05, 4.69) is 5.32 Å². The molecule has 4 heteroatoms. The van der Waals surface area contributed by atoms with Crippen LogP contribution >= 0.6 is 0 Å². The lowest BCUT2D eigenvalue weighted by Crippen LogP contribution is -3.03. The zero-order chi connectivity index (χ0) is 18.1. The molecular weight excluding hydrogens is 324 g/mol. The van der Waals surface area contributed by atoms with Gasteiger partial charge in [-0.15, -0.1) is 0 Å². The van der Waals surface area contributed by atoms with Crippen molar-refractivity contribution in [3.05, 3.63) is 29.3 Å². The Morgan fingerprint density at radius 1 is 1.00 bits per heavy atom. The van der Waals surface area contributed by atoms with E-state index in [9.17, 15) is 9.59 Å². The molecule has 138 valence electrons. The second kappa shape index (κ2) is 5.66. The lowest BCUT2D eigenvalue weighted by Gasteiger charge is -2.55. The molecule has 4 saturated carbocycles. The summed E-state index contributed by atoms with van der Waals surface area (Å²) in [7, 11) is 0. The summed E-state index contributed by atoms with van der Waals surface area (Å²) in [5, 5.41) is 2.33. The van der Waals surface area contributed by atoms with E-state index in [1.165, 1.54) is 43.4 Å². The highest BCUT2D eigenvalue weighted by Gasteiger charge is 2.56. The number of nitrogens with zero attached hydrogens (tertiary/aromatic N) is 1. The van der Waals surface area contributed by atoms with Crippen molar-refractivity contribution in [3.63, 3.8) is 0 Å². The lowest BCUT2D eigenvalue weighted by molar-refractivity contribution is -0.755. The van der Waals surface area contributed by atoms with Crippen molar-refractivity contribution in [2.24, 2.45) is 17.8 Å². The predicted molar refractivity (Wildman–Crippen MR) is 99.6 cm³/mol. The van der Waals surface area contributed by atoms with Crippen LogP contribution in [-0.2, 0) is 9.59 Å². The number of hydrogen-bond acceptors (Lipinski definition) is 2. The van der Waals surface area contributed by atoms with Gasteiger partial charge < -0.3 is 5.32 Å². The number of hydrogen-bond donors (Lipinski definition) is 1. The Hall–Kier alpha value is -1.68. The maximum atomic E-state index is 13.2. The maximum absolute atomic E-state index is 13.2. The van der Waals surface area contributed by atoms with E-state index in [1.807, 2.05) is 32.0 Å². The number of carbonyl (C=O) groups excluding carboxylic acids is 2. The number of amides is 2. The van der Waals surface area contributed by atoms with Gasteiger partial charge in [0.05, 0.1) is 17.6 Å². The molecule has 1 aliphatic heterocycles. The Bertz CT molecular complexity index is 749. The minimum Gasteiger partial charge on any atom is -0.331 e. The molecule has 0 spiro atoms. The quantitative estimate of drug-likeness (QED) is 0.849. The average molecular weight is 353 g/mol. The number of quaternary nitrogens is 1. The summed E-state index contributed by atoms with van der Waals surface area (Å²) in [6, 6.07) is 5.73. The second-order valence-corrected chi connectivity index (χ2v) is 9.61. The topological polar surface area (TPSA) is 54.0 Å². The van der Waals surface area contributed by atoms with E-state index in [0.717, 1.165) is 34.6 Å². The average Bonchev–Trinajstić information content (AvgIpc) is 2.80. The highest BCUT2D eigenvalue weighted by atomic mass is 16.2. The van der Waals surface area contributed by atoms with Crippen LogP contribution in [0.3, 0.4) is 0 Å². The number of rotatable bonds is 3. The van der Waals surface area contributed by atoms with E-state index < -0.39 is 0 Å². The third-order valence-corrected chi connectivity index (χ3v) is 7.42. The van der Waals surface area contributed by atoms with Crippen molar-refractivity contribution in [1.82, 2.24) is 0 Å². The summed E-state index contributed by atoms with van der Waals surface area (Å²) in [4.78, 5) is 27.3. The van der Waals surface area contributed by atoms with Crippen LogP contribution in [0.4, 0.5) is 5.69 Å². The molecule has 1 heterocycles. The molecule has 26 heavy (non-hydrogen) atoms. The second-order valence-electron chi connectivity index (χ2n) is 9.61. The first-order valence-corrected chi connectivity index (χ1v) is 10.2.